The van der Waals surface area contributed by atoms with E-state index in [4.69, 9.17) is 4.74 Å². The second-order valence-corrected chi connectivity index (χ2v) is 6.23. The Hall–Kier alpha value is -2.33. The zero-order valence-corrected chi connectivity index (χ0v) is 14.1. The molecule has 1 heterocycles. The molecule has 1 fully saturated rings. The van der Waals surface area contributed by atoms with Gasteiger partial charge >= 0.3 is 0 Å². The van der Waals surface area contributed by atoms with Crippen molar-refractivity contribution in [3.05, 3.63) is 60.2 Å². The molecule has 2 aromatic rings. The first-order valence-electron chi connectivity index (χ1n) is 8.53. The van der Waals surface area contributed by atoms with Gasteiger partial charge in [0.05, 0.1) is 0 Å². The van der Waals surface area contributed by atoms with Crippen LogP contribution in [0.2, 0.25) is 0 Å². The quantitative estimate of drug-likeness (QED) is 0.914. The first-order chi connectivity index (χ1) is 11.8. The Morgan fingerprint density at radius 1 is 1.04 bits per heavy atom. The minimum absolute atomic E-state index is 0.115. The Balaban J connectivity index is 1.58. The van der Waals surface area contributed by atoms with E-state index in [0.29, 0.717) is 5.92 Å². The maximum atomic E-state index is 12.6. The molecule has 0 atom stereocenters. The number of nitrogens with zero attached hydrogens (tertiary/aromatic N) is 1. The van der Waals surface area contributed by atoms with Gasteiger partial charge in [-0.3, -0.25) is 4.79 Å². The summed E-state index contributed by atoms with van der Waals surface area (Å²) >= 11 is 0. The fraction of sp³-hybridized carbons (Fsp3) is 0.350. The number of carbonyl (C=O) groups excluding carboxylic acids is 1. The van der Waals surface area contributed by atoms with Crippen molar-refractivity contribution in [3.8, 4) is 11.5 Å². The molecule has 24 heavy (non-hydrogen) atoms. The summed E-state index contributed by atoms with van der Waals surface area (Å²) in [6.45, 7) is 2.72. The van der Waals surface area contributed by atoms with Crippen LogP contribution in [0.25, 0.3) is 0 Å². The molecule has 3 rings (SSSR count). The van der Waals surface area contributed by atoms with Crippen LogP contribution < -0.4 is 10.1 Å². The standard InChI is InChI=1S/C20H24N2O2/c1-21-15-16-11-13-22(14-12-16)20(23)17-7-9-19(10-8-17)24-18-5-3-2-4-6-18/h2-10,16,21H,11-15H2,1H3. The highest BCUT2D eigenvalue weighted by molar-refractivity contribution is 5.94. The summed E-state index contributed by atoms with van der Waals surface area (Å²) < 4.78 is 5.77. The average molecular weight is 324 g/mol. The number of hydrogen-bond acceptors (Lipinski definition) is 3. The highest BCUT2D eigenvalue weighted by Crippen LogP contribution is 2.23. The molecule has 1 saturated heterocycles. The lowest BCUT2D eigenvalue weighted by atomic mass is 9.96. The topological polar surface area (TPSA) is 41.6 Å². The molecule has 0 aromatic heterocycles. The third-order valence-electron chi connectivity index (χ3n) is 4.47. The Morgan fingerprint density at radius 3 is 2.29 bits per heavy atom. The van der Waals surface area contributed by atoms with Crippen LogP contribution in [-0.2, 0) is 0 Å². The lowest BCUT2D eigenvalue weighted by Gasteiger charge is -2.32. The number of rotatable bonds is 5. The van der Waals surface area contributed by atoms with Crippen LogP contribution >= 0.6 is 0 Å². The van der Waals surface area contributed by atoms with Gasteiger partial charge in [-0.1, -0.05) is 18.2 Å². The van der Waals surface area contributed by atoms with Gasteiger partial charge < -0.3 is 15.0 Å². The first kappa shape index (κ1) is 16.5. The molecule has 0 aliphatic carbocycles. The monoisotopic (exact) mass is 324 g/mol. The summed E-state index contributed by atoms with van der Waals surface area (Å²) in [5.41, 5.74) is 0.725. The van der Waals surface area contributed by atoms with Gasteiger partial charge in [0.2, 0.25) is 0 Å². The van der Waals surface area contributed by atoms with Crippen molar-refractivity contribution < 1.29 is 9.53 Å². The minimum atomic E-state index is 0.115. The summed E-state index contributed by atoms with van der Waals surface area (Å²) in [7, 11) is 1.98. The molecule has 1 aliphatic heterocycles. The third-order valence-corrected chi connectivity index (χ3v) is 4.47. The van der Waals surface area contributed by atoms with Crippen molar-refractivity contribution in [1.29, 1.82) is 0 Å². The molecule has 0 unspecified atom stereocenters. The highest BCUT2D eigenvalue weighted by Gasteiger charge is 2.23. The van der Waals surface area contributed by atoms with Crippen molar-refractivity contribution in [3.63, 3.8) is 0 Å². The van der Waals surface area contributed by atoms with Gasteiger partial charge in [-0.25, -0.2) is 0 Å². The van der Waals surface area contributed by atoms with E-state index in [1.807, 2.05) is 66.5 Å². The predicted octanol–water partition coefficient (Wildman–Crippen LogP) is 3.55. The summed E-state index contributed by atoms with van der Waals surface area (Å²) in [5.74, 6) is 2.33. The van der Waals surface area contributed by atoms with Crippen LogP contribution in [0.3, 0.4) is 0 Å². The lowest BCUT2D eigenvalue weighted by Crippen LogP contribution is -2.40. The lowest BCUT2D eigenvalue weighted by molar-refractivity contribution is 0.0691. The van der Waals surface area contributed by atoms with Crippen LogP contribution in [0.15, 0.2) is 54.6 Å². The zero-order chi connectivity index (χ0) is 16.8. The highest BCUT2D eigenvalue weighted by atomic mass is 16.5. The molecule has 1 N–H and O–H groups in total. The number of nitrogens with one attached hydrogen (secondary N) is 1. The first-order valence-corrected chi connectivity index (χ1v) is 8.53. The minimum Gasteiger partial charge on any atom is -0.457 e. The van der Waals surface area contributed by atoms with E-state index < -0.39 is 0 Å². The van der Waals surface area contributed by atoms with E-state index in [1.54, 1.807) is 0 Å². The Morgan fingerprint density at radius 2 is 1.67 bits per heavy atom. The largest absolute Gasteiger partial charge is 0.457 e. The van der Waals surface area contributed by atoms with Crippen LogP contribution in [-0.4, -0.2) is 37.5 Å². The van der Waals surface area contributed by atoms with Crippen molar-refractivity contribution in [2.45, 2.75) is 12.8 Å². The van der Waals surface area contributed by atoms with E-state index in [9.17, 15) is 4.79 Å². The Kier molecular flexibility index (Phi) is 5.49. The maximum Gasteiger partial charge on any atom is 0.253 e. The third kappa shape index (κ3) is 4.15. The summed E-state index contributed by atoms with van der Waals surface area (Å²) in [6, 6.07) is 17.1. The number of benzene rings is 2. The Labute approximate surface area is 143 Å². The van der Waals surface area contributed by atoms with Crippen molar-refractivity contribution in [2.24, 2.45) is 5.92 Å². The van der Waals surface area contributed by atoms with Crippen molar-refractivity contribution in [1.82, 2.24) is 10.2 Å². The maximum absolute atomic E-state index is 12.6. The SMILES string of the molecule is CNCC1CCN(C(=O)c2ccc(Oc3ccccc3)cc2)CC1. The second-order valence-electron chi connectivity index (χ2n) is 6.23. The van der Waals surface area contributed by atoms with Gasteiger partial charge in [0.25, 0.3) is 5.91 Å². The van der Waals surface area contributed by atoms with Gasteiger partial charge in [0.15, 0.2) is 0 Å². The molecule has 1 aliphatic rings. The molecule has 4 nitrogen and oxygen atoms in total. The molecule has 0 bridgehead atoms. The van der Waals surface area contributed by atoms with E-state index in [-0.39, 0.29) is 5.91 Å². The second kappa shape index (κ2) is 7.97. The molecule has 0 spiro atoms. The van der Waals surface area contributed by atoms with Crippen LogP contribution in [0.4, 0.5) is 0 Å². The zero-order valence-electron chi connectivity index (χ0n) is 14.1. The molecule has 126 valence electrons. The number of carbonyl (C=O) groups is 1. The molecule has 4 heteroatoms. The molecule has 0 radical (unpaired) electrons. The van der Waals surface area contributed by atoms with E-state index >= 15 is 0 Å². The molecule has 1 amide bonds. The van der Waals surface area contributed by atoms with Gasteiger partial charge in [0, 0.05) is 18.7 Å². The van der Waals surface area contributed by atoms with Crippen molar-refractivity contribution >= 4 is 5.91 Å². The van der Waals surface area contributed by atoms with Crippen LogP contribution in [0, 0.1) is 5.92 Å². The Bertz CT molecular complexity index is 647. The van der Waals surface area contributed by atoms with Gasteiger partial charge in [-0.05, 0) is 68.8 Å². The van der Waals surface area contributed by atoms with Gasteiger partial charge in [-0.2, -0.15) is 0 Å². The summed E-state index contributed by atoms with van der Waals surface area (Å²) in [5, 5.41) is 3.22. The van der Waals surface area contributed by atoms with E-state index in [1.165, 1.54) is 0 Å². The number of hydrogen-bond donors (Lipinski definition) is 1. The molecule has 2 aromatic carbocycles. The molecular formula is C20H24N2O2. The predicted molar refractivity (Wildman–Crippen MR) is 95.5 cm³/mol. The summed E-state index contributed by atoms with van der Waals surface area (Å²) in [4.78, 5) is 14.6. The summed E-state index contributed by atoms with van der Waals surface area (Å²) in [6.07, 6.45) is 2.14. The average Bonchev–Trinajstić information content (AvgIpc) is 2.64. The normalized spacial score (nSPS) is 15.3. The van der Waals surface area contributed by atoms with E-state index in [0.717, 1.165) is 49.5 Å². The van der Waals surface area contributed by atoms with Gasteiger partial charge in [-0.15, -0.1) is 0 Å². The van der Waals surface area contributed by atoms with Crippen molar-refractivity contribution in [2.75, 3.05) is 26.7 Å². The smallest absolute Gasteiger partial charge is 0.253 e. The van der Waals surface area contributed by atoms with Crippen LogP contribution in [0.1, 0.15) is 23.2 Å². The fourth-order valence-corrected chi connectivity index (χ4v) is 3.10. The van der Waals surface area contributed by atoms with Gasteiger partial charge in [0.1, 0.15) is 11.5 Å². The molecular weight excluding hydrogens is 300 g/mol. The number of ether oxygens (including phenoxy) is 1. The molecule has 0 saturated carbocycles. The van der Waals surface area contributed by atoms with E-state index in [2.05, 4.69) is 5.32 Å². The number of likely N-dealkylation sites (tertiary alicyclic amines) is 1. The number of para-hydroxylation sites is 1. The fourth-order valence-electron chi connectivity index (χ4n) is 3.10. The number of amides is 1. The van der Waals surface area contributed by atoms with Crippen LogP contribution in [0.5, 0.6) is 11.5 Å². The number of piperidine rings is 1.